The molecule has 0 bridgehead atoms. The van der Waals surface area contributed by atoms with Gasteiger partial charge in [0.1, 0.15) is 17.8 Å². The molecule has 0 fully saturated rings. The van der Waals surface area contributed by atoms with Gasteiger partial charge in [-0.15, -0.1) is 12.4 Å². The highest BCUT2D eigenvalue weighted by Crippen LogP contribution is 2.37. The Morgan fingerprint density at radius 3 is 1.22 bits per heavy atom. The molecule has 2 atom stereocenters. The van der Waals surface area contributed by atoms with Gasteiger partial charge < -0.3 is 76.7 Å². The van der Waals surface area contributed by atoms with Crippen molar-refractivity contribution < 1.29 is 82.0 Å². The van der Waals surface area contributed by atoms with E-state index < -0.39 is 52.1 Å². The van der Waals surface area contributed by atoms with Crippen LogP contribution in [0, 0.1) is 22.7 Å². The summed E-state index contributed by atoms with van der Waals surface area (Å²) < 4.78 is 36.7. The molecule has 8 aromatic rings. The Morgan fingerprint density at radius 2 is 0.864 bits per heavy atom. The summed E-state index contributed by atoms with van der Waals surface area (Å²) in [7, 11) is 4.21. The molecule has 0 radical (unpaired) electrons. The van der Waals surface area contributed by atoms with Crippen molar-refractivity contribution in [2.24, 2.45) is 22.9 Å². The number of ketones is 2. The maximum Gasteiger partial charge on any atom is 0.408 e. The number of Topliss-reactive ketones (excluding diaryl/α,β-unsaturated/α-hetero) is 2. The van der Waals surface area contributed by atoms with Crippen LogP contribution in [0.5, 0.6) is 34.5 Å². The number of nitrogens with one attached hydrogen (secondary N) is 1. The number of hydrogen-bond donors (Lipinski definition) is 8. The van der Waals surface area contributed by atoms with Gasteiger partial charge in [0.25, 0.3) is 17.7 Å². The van der Waals surface area contributed by atoms with Crippen molar-refractivity contribution in [1.82, 2.24) is 15.3 Å². The van der Waals surface area contributed by atoms with Crippen LogP contribution >= 0.6 is 12.4 Å². The summed E-state index contributed by atoms with van der Waals surface area (Å²) in [6.07, 6.45) is -0.515. The minimum Gasteiger partial charge on any atom is -0.493 e. The third kappa shape index (κ3) is 24.1. The Morgan fingerprint density at radius 1 is 0.495 bits per heavy atom. The summed E-state index contributed by atoms with van der Waals surface area (Å²) in [6.45, 7) is 9.66. The van der Waals surface area contributed by atoms with Crippen molar-refractivity contribution >= 4 is 53.8 Å². The molecule has 0 spiro atoms. The molecule has 0 saturated carbocycles. The Bertz CT molecular complexity index is 4410. The molecule has 2 unspecified atom stereocenters. The molecule has 26 nitrogen and oxygen atoms in total. The lowest BCUT2D eigenvalue weighted by molar-refractivity contribution is -0.120. The number of pyridine rings is 2. The number of carbonyl (C=O) groups excluding carboxylic acids is 6. The van der Waals surface area contributed by atoms with Crippen molar-refractivity contribution in [3.05, 3.63) is 214 Å². The fraction of sp³-hybridized carbons (Fsp3) is 0.276. The van der Waals surface area contributed by atoms with E-state index in [0.29, 0.717) is 50.5 Å². The van der Waals surface area contributed by atoms with Gasteiger partial charge in [0.05, 0.1) is 78.5 Å². The molecule has 540 valence electrons. The number of aromatic carboxylic acids is 1. The third-order valence-corrected chi connectivity index (χ3v) is 15.6. The topological polar surface area (TPSA) is 434 Å². The number of benzene rings is 6. The van der Waals surface area contributed by atoms with Gasteiger partial charge in [-0.3, -0.25) is 24.0 Å². The highest BCUT2D eigenvalue weighted by atomic mass is 35.5. The van der Waals surface area contributed by atoms with Gasteiger partial charge >= 0.3 is 12.1 Å². The first-order chi connectivity index (χ1) is 48.2. The van der Waals surface area contributed by atoms with E-state index in [2.05, 4.69) is 17.5 Å². The Kier molecular flexibility index (Phi) is 29.3. The van der Waals surface area contributed by atoms with Crippen LogP contribution in [0.4, 0.5) is 4.79 Å². The van der Waals surface area contributed by atoms with Crippen LogP contribution in [0.2, 0.25) is 0 Å². The normalized spacial score (nSPS) is 11.9. The average Bonchev–Trinajstić information content (AvgIpc) is 0.775. The van der Waals surface area contributed by atoms with Crippen LogP contribution in [-0.2, 0) is 48.0 Å². The second-order valence-corrected chi connectivity index (χ2v) is 24.7. The summed E-state index contributed by atoms with van der Waals surface area (Å²) in [5.41, 5.74) is 24.1. The zero-order valence-corrected chi connectivity index (χ0v) is 59.0. The zero-order valence-electron chi connectivity index (χ0n) is 58.2. The number of nitriles is 2. The number of nitrogens with zero attached hydrogens (tertiary/aromatic N) is 4. The summed E-state index contributed by atoms with van der Waals surface area (Å²) >= 11 is 0. The van der Waals surface area contributed by atoms with Crippen molar-refractivity contribution in [3.63, 3.8) is 0 Å². The van der Waals surface area contributed by atoms with Crippen molar-refractivity contribution in [3.8, 4) is 69.2 Å². The zero-order chi connectivity index (χ0) is 75.1. The molecule has 2 aromatic heterocycles. The maximum absolute atomic E-state index is 13.2. The number of ether oxygens (including phenoxy) is 7. The van der Waals surface area contributed by atoms with Crippen molar-refractivity contribution in [2.45, 2.75) is 96.1 Å². The van der Waals surface area contributed by atoms with Gasteiger partial charge in [-0.25, -0.2) is 19.6 Å². The van der Waals surface area contributed by atoms with E-state index >= 15 is 0 Å². The molecule has 6 aromatic carbocycles. The highest BCUT2D eigenvalue weighted by Gasteiger charge is 2.33. The number of carboxylic acids is 1. The lowest BCUT2D eigenvalue weighted by Crippen LogP contribution is -2.41. The van der Waals surface area contributed by atoms with Crippen molar-refractivity contribution in [1.29, 1.82) is 10.5 Å². The highest BCUT2D eigenvalue weighted by molar-refractivity contribution is 5.97. The first-order valence-electron chi connectivity index (χ1n) is 31.6. The monoisotopic (exact) mass is 1430 g/mol. The van der Waals surface area contributed by atoms with E-state index in [1.54, 1.807) is 107 Å². The summed E-state index contributed by atoms with van der Waals surface area (Å²) in [6, 6.07) is 47.7. The number of rotatable bonds is 30. The molecule has 2 heterocycles. The molecule has 103 heavy (non-hydrogen) atoms. The van der Waals surface area contributed by atoms with Crippen LogP contribution in [0.15, 0.2) is 158 Å². The van der Waals surface area contributed by atoms with E-state index in [9.17, 15) is 49.0 Å². The van der Waals surface area contributed by atoms with E-state index in [1.807, 2.05) is 50.2 Å². The Balaban J connectivity index is 0.000000308. The largest absolute Gasteiger partial charge is 0.493 e. The lowest BCUT2D eigenvalue weighted by atomic mass is 9.87. The predicted molar refractivity (Wildman–Crippen MR) is 382 cm³/mol. The molecule has 0 aliphatic carbocycles. The Labute approximate surface area is 601 Å². The van der Waals surface area contributed by atoms with Crippen LogP contribution in [0.3, 0.4) is 0 Å². The fourth-order valence-corrected chi connectivity index (χ4v) is 9.70. The van der Waals surface area contributed by atoms with Gasteiger partial charge in [0.15, 0.2) is 65.9 Å². The maximum atomic E-state index is 13.2. The first kappa shape index (κ1) is 81.7. The summed E-state index contributed by atoms with van der Waals surface area (Å²) in [5, 5.41) is 53.1. The van der Waals surface area contributed by atoms with E-state index in [1.165, 1.54) is 63.8 Å². The number of alkyl carbamates (subject to hydrolysis) is 1. The number of nitrogens with two attached hydrogens (primary N) is 4. The minimum atomic E-state index is -1.56. The predicted octanol–water partition coefficient (Wildman–Crippen LogP) is 9.76. The number of halogens is 1. The number of methoxy groups -OCH3 is 3. The SMILES string of the molecule is COc1cc(C(=O)CCC(C)(O)c2cc(C(C)(C)N)cc(-c3ccc(C#N)cc3)n2)ccc1OCC(N)=O.COc1cc(C(=O)CCC(C)(O)c2cc(C(C)(C)NC(=O)OCc3ccccc3)cc(-c3ccc(C#N)cc3)n2)ccc1OCC(N)=O.COc1cc(C(=O)O)ccc1OCC(N)=O.Cl. The number of amides is 4. The molecule has 12 N–H and O–H groups in total. The van der Waals surface area contributed by atoms with Crippen LogP contribution in [0.25, 0.3) is 22.5 Å². The number of carbonyl (C=O) groups is 7. The molecule has 27 heteroatoms. The summed E-state index contributed by atoms with van der Waals surface area (Å²) in [5.74, 6) is -1.85. The lowest BCUT2D eigenvalue weighted by Gasteiger charge is -2.30. The van der Waals surface area contributed by atoms with Gasteiger partial charge in [-0.05, 0) is 174 Å². The molecular weight excluding hydrogens is 1350 g/mol. The molecule has 0 aliphatic heterocycles. The molecule has 0 saturated heterocycles. The van der Waals surface area contributed by atoms with Crippen LogP contribution < -0.4 is 56.7 Å². The average molecular weight is 1430 g/mol. The first-order valence-corrected chi connectivity index (χ1v) is 31.6. The van der Waals surface area contributed by atoms with Crippen LogP contribution in [0.1, 0.15) is 138 Å². The molecule has 8 rings (SSSR count). The van der Waals surface area contributed by atoms with Crippen LogP contribution in [-0.4, -0.2) is 108 Å². The minimum absolute atomic E-state index is 0. The smallest absolute Gasteiger partial charge is 0.408 e. The molecule has 4 amide bonds. The number of hydrogen-bond acceptors (Lipinski definition) is 21. The second-order valence-electron chi connectivity index (χ2n) is 24.7. The number of primary amides is 3. The third-order valence-electron chi connectivity index (χ3n) is 15.6. The fourth-order valence-electron chi connectivity index (χ4n) is 9.70. The van der Waals surface area contributed by atoms with Crippen molar-refractivity contribution in [2.75, 3.05) is 41.2 Å². The van der Waals surface area contributed by atoms with E-state index in [4.69, 9.17) is 76.4 Å². The molecular formula is C76H82ClN9O17. The second kappa shape index (κ2) is 36.9. The standard InChI is InChI=1S/C37H38N4O7.C29H32N4O5.C10H11NO5.ClH/c1-36(2,41-35(44)48-22-25-8-6-5-7-9-25)28-19-29(26-12-10-24(21-38)11-13-26)40-33(20-28)37(3,45)17-16-30(42)27-14-15-31(32(18-27)46-4)47-23-34(39)43;1-28(2,32)21-14-22(19-7-5-18(16-30)6-8-19)33-26(15-21)29(3,36)12-11-23(34)20-9-10-24(25(13-20)37-4)38-17-27(31)35;1-15-8-4-6(10(13)14)2-3-7(8)16-5-9(11)12;/h5-15,18-20,45H,16-17,22-23H2,1-4H3,(H2,39,43)(H,41,44);5-10,13-15,36H,11-12,17,32H2,1-4H3,(H2,31,35);2-4H,5H2,1H3,(H2,11,12)(H,13,14);1H. The van der Waals surface area contributed by atoms with Gasteiger partial charge in [0, 0.05) is 40.6 Å². The Hall–Kier alpha value is -11.9. The van der Waals surface area contributed by atoms with Gasteiger partial charge in [-0.1, -0.05) is 54.6 Å². The van der Waals surface area contributed by atoms with Gasteiger partial charge in [0.2, 0.25) is 0 Å². The number of aromatic nitrogens is 2. The quantitative estimate of drug-likeness (QED) is 0.0194. The van der Waals surface area contributed by atoms with E-state index in [0.717, 1.165) is 16.7 Å². The molecule has 0 aliphatic rings. The summed E-state index contributed by atoms with van der Waals surface area (Å²) in [4.78, 5) is 91.8. The number of carboxylic acid groups (broad SMARTS) is 1. The van der Waals surface area contributed by atoms with Gasteiger partial charge in [-0.2, -0.15) is 10.5 Å². The van der Waals surface area contributed by atoms with E-state index in [-0.39, 0.29) is 122 Å². The number of aliphatic hydroxyl groups is 2.